The van der Waals surface area contributed by atoms with Gasteiger partial charge in [0.25, 0.3) is 0 Å². The van der Waals surface area contributed by atoms with Gasteiger partial charge in [-0.1, -0.05) is 12.1 Å². The molecule has 0 saturated heterocycles. The maximum absolute atomic E-state index is 5.43. The van der Waals surface area contributed by atoms with Gasteiger partial charge in [-0.05, 0) is 60.7 Å². The maximum atomic E-state index is 5.43. The first-order valence-electron chi connectivity index (χ1n) is 9.40. The largest absolute Gasteiger partial charge is 0.497 e. The number of benzene rings is 2. The average Bonchev–Trinajstić information content (AvgIpc) is 2.73. The van der Waals surface area contributed by atoms with Gasteiger partial charge in [0, 0.05) is 20.1 Å². The van der Waals surface area contributed by atoms with Crippen LogP contribution in [0.25, 0.3) is 0 Å². The summed E-state index contributed by atoms with van der Waals surface area (Å²) in [6.45, 7) is 3.57. The fraction of sp³-hybridized carbons (Fsp3) is 0.409. The molecular weight excluding hydrogens is 481 g/mol. The highest BCUT2D eigenvalue weighted by Gasteiger charge is 2.06. The molecule has 2 N–H and O–H groups in total. The highest BCUT2D eigenvalue weighted by molar-refractivity contribution is 14.0. The Hall–Kier alpha value is -2.16. The standard InChI is InChI=1S/C22H31N3O3.HI/c1-16-6-7-17(14-21(16)28-5)10-12-24-22(23-2)25-13-11-18-15-19(26-3)8-9-20(18)27-4;/h6-9,14-15H,10-13H2,1-5H3,(H2,23,24,25);1H. The fourth-order valence-electron chi connectivity index (χ4n) is 2.96. The van der Waals surface area contributed by atoms with E-state index in [0.29, 0.717) is 0 Å². The monoisotopic (exact) mass is 513 g/mol. The van der Waals surface area contributed by atoms with Crippen LogP contribution in [0.2, 0.25) is 0 Å². The molecule has 0 aromatic heterocycles. The number of halogens is 1. The minimum atomic E-state index is 0. The topological polar surface area (TPSA) is 64.1 Å². The lowest BCUT2D eigenvalue weighted by atomic mass is 10.1. The number of methoxy groups -OCH3 is 3. The Morgan fingerprint density at radius 1 is 0.862 bits per heavy atom. The highest BCUT2D eigenvalue weighted by Crippen LogP contribution is 2.24. The average molecular weight is 513 g/mol. The predicted molar refractivity (Wildman–Crippen MR) is 129 cm³/mol. The van der Waals surface area contributed by atoms with Crippen LogP contribution in [0.5, 0.6) is 17.2 Å². The van der Waals surface area contributed by atoms with E-state index in [1.54, 1.807) is 28.4 Å². The van der Waals surface area contributed by atoms with Gasteiger partial charge in [-0.25, -0.2) is 0 Å². The summed E-state index contributed by atoms with van der Waals surface area (Å²) in [6, 6.07) is 12.1. The predicted octanol–water partition coefficient (Wildman–Crippen LogP) is 3.59. The summed E-state index contributed by atoms with van der Waals surface area (Å²) >= 11 is 0. The third-order valence-corrected chi connectivity index (χ3v) is 4.58. The van der Waals surface area contributed by atoms with Crippen LogP contribution in [0.15, 0.2) is 41.4 Å². The molecular formula is C22H32IN3O3. The van der Waals surface area contributed by atoms with E-state index in [1.165, 1.54) is 5.56 Å². The minimum absolute atomic E-state index is 0. The lowest BCUT2D eigenvalue weighted by Gasteiger charge is -2.14. The van der Waals surface area contributed by atoms with Gasteiger partial charge in [-0.3, -0.25) is 4.99 Å². The van der Waals surface area contributed by atoms with Crippen molar-refractivity contribution in [3.05, 3.63) is 53.1 Å². The first-order chi connectivity index (χ1) is 13.6. The molecule has 0 radical (unpaired) electrons. The minimum Gasteiger partial charge on any atom is -0.497 e. The van der Waals surface area contributed by atoms with Crippen LogP contribution in [0, 0.1) is 6.92 Å². The third kappa shape index (κ3) is 7.64. The van der Waals surface area contributed by atoms with Crippen LogP contribution in [0.3, 0.4) is 0 Å². The number of aliphatic imine (C=N–C) groups is 1. The van der Waals surface area contributed by atoms with Crippen molar-refractivity contribution in [2.24, 2.45) is 4.99 Å². The van der Waals surface area contributed by atoms with E-state index < -0.39 is 0 Å². The Kier molecular flexibility index (Phi) is 11.3. The summed E-state index contributed by atoms with van der Waals surface area (Å²) in [4.78, 5) is 4.29. The molecule has 0 unspecified atom stereocenters. The Bertz CT molecular complexity index is 797. The van der Waals surface area contributed by atoms with Gasteiger partial charge in [0.05, 0.1) is 21.3 Å². The van der Waals surface area contributed by atoms with Gasteiger partial charge in [0.15, 0.2) is 5.96 Å². The number of hydrogen-bond acceptors (Lipinski definition) is 4. The molecule has 0 fully saturated rings. The molecule has 0 saturated carbocycles. The van der Waals surface area contributed by atoms with Gasteiger partial charge >= 0.3 is 0 Å². The molecule has 0 spiro atoms. The molecule has 2 rings (SSSR count). The van der Waals surface area contributed by atoms with E-state index in [-0.39, 0.29) is 24.0 Å². The summed E-state index contributed by atoms with van der Waals surface area (Å²) < 4.78 is 16.1. The normalized spacial score (nSPS) is 10.7. The van der Waals surface area contributed by atoms with Crippen molar-refractivity contribution in [1.82, 2.24) is 10.6 Å². The molecule has 29 heavy (non-hydrogen) atoms. The second kappa shape index (κ2) is 13.1. The second-order valence-corrected chi connectivity index (χ2v) is 6.41. The molecule has 0 atom stereocenters. The van der Waals surface area contributed by atoms with Gasteiger partial charge in [0.1, 0.15) is 17.2 Å². The van der Waals surface area contributed by atoms with Gasteiger partial charge in [0.2, 0.25) is 0 Å². The van der Waals surface area contributed by atoms with E-state index in [0.717, 1.165) is 60.3 Å². The van der Waals surface area contributed by atoms with E-state index in [2.05, 4.69) is 33.8 Å². The molecule has 6 nitrogen and oxygen atoms in total. The van der Waals surface area contributed by atoms with Crippen molar-refractivity contribution < 1.29 is 14.2 Å². The number of rotatable bonds is 9. The molecule has 0 aliphatic rings. The molecule has 2 aromatic rings. The van der Waals surface area contributed by atoms with Crippen molar-refractivity contribution in [2.45, 2.75) is 19.8 Å². The smallest absolute Gasteiger partial charge is 0.190 e. The fourth-order valence-corrected chi connectivity index (χ4v) is 2.96. The number of aryl methyl sites for hydroxylation is 1. The first-order valence-corrected chi connectivity index (χ1v) is 9.40. The van der Waals surface area contributed by atoms with Crippen molar-refractivity contribution in [3.8, 4) is 17.2 Å². The zero-order valence-electron chi connectivity index (χ0n) is 17.9. The Labute approximate surface area is 191 Å². The van der Waals surface area contributed by atoms with Crippen LogP contribution in [0.4, 0.5) is 0 Å². The highest BCUT2D eigenvalue weighted by atomic mass is 127. The second-order valence-electron chi connectivity index (χ2n) is 6.41. The molecule has 2 aromatic carbocycles. The van der Waals surface area contributed by atoms with Gasteiger partial charge in [-0.2, -0.15) is 0 Å². The molecule has 0 aliphatic carbocycles. The Morgan fingerprint density at radius 3 is 2.17 bits per heavy atom. The zero-order chi connectivity index (χ0) is 20.4. The molecule has 0 heterocycles. The van der Waals surface area contributed by atoms with Crippen molar-refractivity contribution >= 4 is 29.9 Å². The lowest BCUT2D eigenvalue weighted by molar-refractivity contribution is 0.398. The first kappa shape index (κ1) is 24.9. The summed E-state index contributed by atoms with van der Waals surface area (Å²) in [5.74, 6) is 3.39. The number of hydrogen-bond donors (Lipinski definition) is 2. The van der Waals surface area contributed by atoms with Gasteiger partial charge < -0.3 is 24.8 Å². The van der Waals surface area contributed by atoms with Crippen LogP contribution < -0.4 is 24.8 Å². The summed E-state index contributed by atoms with van der Waals surface area (Å²) in [7, 11) is 6.82. The molecule has 0 aliphatic heterocycles. The van der Waals surface area contributed by atoms with Crippen LogP contribution in [0.1, 0.15) is 16.7 Å². The van der Waals surface area contributed by atoms with E-state index in [4.69, 9.17) is 14.2 Å². The van der Waals surface area contributed by atoms with Gasteiger partial charge in [-0.15, -0.1) is 24.0 Å². The van der Waals surface area contributed by atoms with E-state index in [9.17, 15) is 0 Å². The maximum Gasteiger partial charge on any atom is 0.190 e. The number of nitrogens with zero attached hydrogens (tertiary/aromatic N) is 1. The number of nitrogens with one attached hydrogen (secondary N) is 2. The van der Waals surface area contributed by atoms with E-state index >= 15 is 0 Å². The van der Waals surface area contributed by atoms with Crippen LogP contribution in [-0.2, 0) is 12.8 Å². The molecule has 7 heteroatoms. The summed E-state index contributed by atoms with van der Waals surface area (Å²) in [5.41, 5.74) is 3.47. The van der Waals surface area contributed by atoms with Crippen molar-refractivity contribution in [3.63, 3.8) is 0 Å². The molecule has 160 valence electrons. The number of guanidine groups is 1. The molecule has 0 bridgehead atoms. The third-order valence-electron chi connectivity index (χ3n) is 4.58. The Morgan fingerprint density at radius 2 is 1.55 bits per heavy atom. The summed E-state index contributed by atoms with van der Waals surface area (Å²) in [6.07, 6.45) is 1.69. The van der Waals surface area contributed by atoms with Crippen LogP contribution >= 0.6 is 24.0 Å². The number of ether oxygens (including phenoxy) is 3. The SMILES string of the molecule is CN=C(NCCc1ccc(C)c(OC)c1)NCCc1cc(OC)ccc1OC.I. The van der Waals surface area contributed by atoms with Crippen molar-refractivity contribution in [2.75, 3.05) is 41.5 Å². The Balaban J connectivity index is 0.00000420. The lowest BCUT2D eigenvalue weighted by Crippen LogP contribution is -2.39. The quantitative estimate of drug-likeness (QED) is 0.305. The summed E-state index contributed by atoms with van der Waals surface area (Å²) in [5, 5.41) is 6.69. The molecule has 0 amide bonds. The van der Waals surface area contributed by atoms with Crippen LogP contribution in [-0.4, -0.2) is 47.4 Å². The van der Waals surface area contributed by atoms with E-state index in [1.807, 2.05) is 25.1 Å². The zero-order valence-corrected chi connectivity index (χ0v) is 20.2. The van der Waals surface area contributed by atoms with Crippen molar-refractivity contribution in [1.29, 1.82) is 0 Å².